The molecule has 0 aliphatic rings. The minimum atomic E-state index is 0.793. The van der Waals surface area contributed by atoms with Crippen LogP contribution in [0.15, 0.2) is 89.9 Å². The van der Waals surface area contributed by atoms with Gasteiger partial charge in [0.15, 0.2) is 5.76 Å². The van der Waals surface area contributed by atoms with Crippen LogP contribution in [0.5, 0.6) is 0 Å². The number of aryl methyl sites for hydroxylation is 2. The average molecular weight is 505 g/mol. The van der Waals surface area contributed by atoms with E-state index < -0.39 is 0 Å². The number of aromatic nitrogens is 6. The molecule has 0 saturated heterocycles. The van der Waals surface area contributed by atoms with E-state index in [9.17, 15) is 0 Å². The molecule has 6 heterocycles. The first-order valence-corrected chi connectivity index (χ1v) is 12.3. The topological polar surface area (TPSA) is 89.6 Å². The minimum Gasteiger partial charge on any atom is -0.454 e. The summed E-state index contributed by atoms with van der Waals surface area (Å²) in [6.45, 7) is 1.98. The van der Waals surface area contributed by atoms with Crippen molar-refractivity contribution in [3.05, 3.63) is 91.1 Å². The fourth-order valence-electron chi connectivity index (χ4n) is 4.48. The molecule has 9 heteroatoms. The number of hydrogen-bond acceptors (Lipinski definition) is 6. The van der Waals surface area contributed by atoms with Crippen molar-refractivity contribution >= 4 is 33.6 Å². The highest BCUT2D eigenvalue weighted by atomic mass is 16.3. The number of hydrogen-bond donors (Lipinski definition) is 2. The van der Waals surface area contributed by atoms with Gasteiger partial charge in [-0.3, -0.25) is 4.68 Å². The molecule has 0 atom stereocenters. The summed E-state index contributed by atoms with van der Waals surface area (Å²) in [6, 6.07) is 20.1. The van der Waals surface area contributed by atoms with Crippen LogP contribution in [0.4, 0.5) is 11.4 Å². The minimum absolute atomic E-state index is 0.793. The second kappa shape index (κ2) is 9.44. The summed E-state index contributed by atoms with van der Waals surface area (Å²) in [5.74, 6) is 0.793. The van der Waals surface area contributed by atoms with Crippen LogP contribution in [0.2, 0.25) is 0 Å². The Morgan fingerprint density at radius 2 is 1.39 bits per heavy atom. The molecule has 0 bridgehead atoms. The van der Waals surface area contributed by atoms with Crippen LogP contribution in [0, 0.1) is 6.92 Å². The first-order valence-electron chi connectivity index (χ1n) is 12.3. The summed E-state index contributed by atoms with van der Waals surface area (Å²) >= 11 is 0. The molecule has 0 unspecified atom stereocenters. The molecule has 2 N–H and O–H groups in total. The van der Waals surface area contributed by atoms with E-state index in [0.29, 0.717) is 0 Å². The lowest BCUT2D eigenvalue weighted by Crippen LogP contribution is -1.93. The van der Waals surface area contributed by atoms with Gasteiger partial charge < -0.3 is 23.9 Å². The van der Waals surface area contributed by atoms with Crippen LogP contribution in [-0.4, -0.2) is 42.6 Å². The maximum atomic E-state index is 5.85. The number of nitrogens with one attached hydrogen (secondary N) is 2. The normalized spacial score (nSPS) is 11.2. The summed E-state index contributed by atoms with van der Waals surface area (Å²) < 4.78 is 11.7. The third-order valence-electron chi connectivity index (χ3n) is 6.44. The maximum absolute atomic E-state index is 5.85. The Hall–Kier alpha value is -5.05. The molecule has 38 heavy (non-hydrogen) atoms. The van der Waals surface area contributed by atoms with E-state index in [1.807, 2.05) is 127 Å². The number of nitrogens with zero attached hydrogens (tertiary/aromatic N) is 6. The van der Waals surface area contributed by atoms with Crippen LogP contribution in [-0.2, 0) is 7.05 Å². The molecule has 0 saturated carbocycles. The predicted molar refractivity (Wildman–Crippen MR) is 152 cm³/mol. The number of benzene rings is 1. The van der Waals surface area contributed by atoms with Crippen molar-refractivity contribution in [2.75, 3.05) is 24.7 Å². The summed E-state index contributed by atoms with van der Waals surface area (Å²) in [5.41, 5.74) is 8.61. The molecular formula is C29H28N8O. The van der Waals surface area contributed by atoms with Crippen LogP contribution >= 0.6 is 0 Å². The number of rotatable bonds is 4. The van der Waals surface area contributed by atoms with E-state index >= 15 is 0 Å². The summed E-state index contributed by atoms with van der Waals surface area (Å²) in [4.78, 5) is 9.24. The van der Waals surface area contributed by atoms with E-state index in [0.717, 1.165) is 62.2 Å². The van der Waals surface area contributed by atoms with Crippen molar-refractivity contribution in [1.29, 1.82) is 0 Å². The van der Waals surface area contributed by atoms with Gasteiger partial charge in [-0.2, -0.15) is 5.10 Å². The molecule has 0 amide bonds. The van der Waals surface area contributed by atoms with Gasteiger partial charge in [0.1, 0.15) is 28.3 Å². The number of pyridine rings is 2. The molecule has 0 aliphatic carbocycles. The standard InChI is InChI=1S/C16H13N3O.C13H15N5/c1-17-12-6-7-19-10-13(18-16(19)9-12)15-8-11-4-2-3-5-14(11)20-15;1-9-6-12(17(3)16-9)11-8-18-5-4-10(14-2)7-13(18)15-11/h2-10,17H,1H3;4-8,14H,1-3H3. The average Bonchev–Trinajstić information content (AvgIpc) is 3.71. The van der Waals surface area contributed by atoms with E-state index in [2.05, 4.69) is 25.7 Å². The van der Waals surface area contributed by atoms with Crippen molar-refractivity contribution in [3.8, 4) is 22.8 Å². The maximum Gasteiger partial charge on any atom is 0.155 e. The SMILES string of the molecule is CNc1ccn2cc(-c3cc(C)nn3C)nc2c1.CNc1ccn2cc(-c3cc4ccccc4o3)nc2c1. The predicted octanol–water partition coefficient (Wildman–Crippen LogP) is 5.87. The number of anilines is 2. The number of imidazole rings is 2. The Morgan fingerprint density at radius 3 is 2.00 bits per heavy atom. The first-order chi connectivity index (χ1) is 18.5. The molecule has 0 spiro atoms. The Labute approximate surface area is 219 Å². The summed E-state index contributed by atoms with van der Waals surface area (Å²) in [6.07, 6.45) is 7.99. The lowest BCUT2D eigenvalue weighted by molar-refractivity contribution is 0.629. The van der Waals surface area contributed by atoms with E-state index in [1.54, 1.807) is 0 Å². The fraction of sp³-hybridized carbons (Fsp3) is 0.138. The van der Waals surface area contributed by atoms with Gasteiger partial charge in [0, 0.05) is 74.8 Å². The van der Waals surface area contributed by atoms with Gasteiger partial charge in [-0.15, -0.1) is 0 Å². The van der Waals surface area contributed by atoms with Gasteiger partial charge in [-0.05, 0) is 37.3 Å². The van der Waals surface area contributed by atoms with Crippen molar-refractivity contribution in [2.24, 2.45) is 7.05 Å². The third-order valence-corrected chi connectivity index (χ3v) is 6.44. The highest BCUT2D eigenvalue weighted by Gasteiger charge is 2.11. The fourth-order valence-corrected chi connectivity index (χ4v) is 4.48. The number of fused-ring (bicyclic) bond motifs is 3. The smallest absolute Gasteiger partial charge is 0.155 e. The van der Waals surface area contributed by atoms with Gasteiger partial charge >= 0.3 is 0 Å². The molecule has 1 aromatic carbocycles. The Bertz CT molecular complexity index is 1850. The van der Waals surface area contributed by atoms with Crippen LogP contribution in [0.1, 0.15) is 5.69 Å². The van der Waals surface area contributed by atoms with Crippen molar-refractivity contribution in [2.45, 2.75) is 6.92 Å². The van der Waals surface area contributed by atoms with Crippen LogP contribution < -0.4 is 10.6 Å². The number of furan rings is 1. The molecule has 0 radical (unpaired) electrons. The molecule has 6 aromatic heterocycles. The zero-order chi connectivity index (χ0) is 26.2. The van der Waals surface area contributed by atoms with Gasteiger partial charge in [-0.25, -0.2) is 9.97 Å². The molecule has 7 rings (SSSR count). The zero-order valence-electron chi connectivity index (χ0n) is 21.7. The Morgan fingerprint density at radius 1 is 0.763 bits per heavy atom. The highest BCUT2D eigenvalue weighted by Crippen LogP contribution is 2.27. The lowest BCUT2D eigenvalue weighted by atomic mass is 10.2. The van der Waals surface area contributed by atoms with Gasteiger partial charge in [0.25, 0.3) is 0 Å². The monoisotopic (exact) mass is 504 g/mol. The summed E-state index contributed by atoms with van der Waals surface area (Å²) in [7, 11) is 5.74. The van der Waals surface area contributed by atoms with Gasteiger partial charge in [-0.1, -0.05) is 18.2 Å². The molecule has 0 fully saturated rings. The molecule has 190 valence electrons. The Kier molecular flexibility index (Phi) is 5.80. The molecule has 9 nitrogen and oxygen atoms in total. The Balaban J connectivity index is 0.000000140. The second-order valence-corrected chi connectivity index (χ2v) is 9.06. The summed E-state index contributed by atoms with van der Waals surface area (Å²) in [5, 5.41) is 11.7. The van der Waals surface area contributed by atoms with Crippen LogP contribution in [0.3, 0.4) is 0 Å². The van der Waals surface area contributed by atoms with Crippen LogP contribution in [0.25, 0.3) is 45.1 Å². The molecular weight excluding hydrogens is 476 g/mol. The quantitative estimate of drug-likeness (QED) is 0.311. The first kappa shape index (κ1) is 23.4. The lowest BCUT2D eigenvalue weighted by Gasteiger charge is -1.98. The van der Waals surface area contributed by atoms with E-state index in [1.165, 1.54) is 0 Å². The zero-order valence-corrected chi connectivity index (χ0v) is 21.7. The highest BCUT2D eigenvalue weighted by molar-refractivity contribution is 5.82. The van der Waals surface area contributed by atoms with Gasteiger partial charge in [0.05, 0.1) is 11.4 Å². The van der Waals surface area contributed by atoms with Crippen molar-refractivity contribution in [3.63, 3.8) is 0 Å². The molecule has 7 aromatic rings. The molecule has 0 aliphatic heterocycles. The van der Waals surface area contributed by atoms with Crippen molar-refractivity contribution < 1.29 is 4.42 Å². The van der Waals surface area contributed by atoms with Crippen molar-refractivity contribution in [1.82, 2.24) is 28.5 Å². The van der Waals surface area contributed by atoms with E-state index in [4.69, 9.17) is 4.42 Å². The van der Waals surface area contributed by atoms with E-state index in [-0.39, 0.29) is 0 Å². The second-order valence-electron chi connectivity index (χ2n) is 9.06. The third kappa shape index (κ3) is 4.34. The van der Waals surface area contributed by atoms with Gasteiger partial charge in [0.2, 0.25) is 0 Å². The largest absolute Gasteiger partial charge is 0.454 e. The number of para-hydroxylation sites is 1.